The first kappa shape index (κ1) is 70.3. The molecular formula is C69H116O5. The number of carbonyl (C=O) groups is 2. The van der Waals surface area contributed by atoms with Gasteiger partial charge in [0.1, 0.15) is 6.61 Å². The zero-order chi connectivity index (χ0) is 53.4. The van der Waals surface area contributed by atoms with Crippen LogP contribution in [0.1, 0.15) is 278 Å². The smallest absolute Gasteiger partial charge is 0.306 e. The highest BCUT2D eigenvalue weighted by atomic mass is 16.6. The van der Waals surface area contributed by atoms with Gasteiger partial charge in [0, 0.05) is 19.4 Å². The maximum absolute atomic E-state index is 12.9. The Kier molecular flexibility index (Phi) is 60.4. The summed E-state index contributed by atoms with van der Waals surface area (Å²) in [7, 11) is 0. The number of allylic oxidation sites excluding steroid dienone is 20. The van der Waals surface area contributed by atoms with Crippen molar-refractivity contribution in [3.8, 4) is 0 Å². The topological polar surface area (TPSA) is 61.8 Å². The van der Waals surface area contributed by atoms with Gasteiger partial charge in [-0.2, -0.15) is 0 Å². The Morgan fingerprint density at radius 2 is 0.608 bits per heavy atom. The van der Waals surface area contributed by atoms with E-state index in [9.17, 15) is 9.59 Å². The van der Waals surface area contributed by atoms with E-state index in [1.54, 1.807) is 0 Å². The number of hydrogen-bond donors (Lipinski definition) is 0. The van der Waals surface area contributed by atoms with Crippen LogP contribution in [-0.2, 0) is 23.8 Å². The molecule has 1 atom stereocenters. The van der Waals surface area contributed by atoms with Gasteiger partial charge in [0.25, 0.3) is 0 Å². The van der Waals surface area contributed by atoms with Crippen LogP contribution in [0.15, 0.2) is 122 Å². The number of esters is 2. The highest BCUT2D eigenvalue weighted by molar-refractivity contribution is 5.70. The Balaban J connectivity index is 4.39. The Hall–Kier alpha value is -3.70. The van der Waals surface area contributed by atoms with Crippen LogP contribution in [0, 0.1) is 0 Å². The van der Waals surface area contributed by atoms with E-state index in [0.717, 1.165) is 116 Å². The minimum atomic E-state index is -0.569. The molecule has 0 aromatic heterocycles. The van der Waals surface area contributed by atoms with E-state index in [-0.39, 0.29) is 25.2 Å². The van der Waals surface area contributed by atoms with Crippen LogP contribution in [0.3, 0.4) is 0 Å². The Morgan fingerprint density at radius 1 is 0.311 bits per heavy atom. The van der Waals surface area contributed by atoms with Crippen LogP contribution in [0.4, 0.5) is 0 Å². The Morgan fingerprint density at radius 3 is 0.986 bits per heavy atom. The predicted molar refractivity (Wildman–Crippen MR) is 325 cm³/mol. The SMILES string of the molecule is CC/C=C\C/C=C\C/C=C\C/C=C\C/C=C\CCCCCC(=O)OCC(COCCCCCCCCCCCC/C=C\C/C=C\CCCCC)OC(=O)CCCCCCCC/C=C\C/C=C\C/C=C\CCCCC. The van der Waals surface area contributed by atoms with Gasteiger partial charge in [0.05, 0.1) is 6.61 Å². The van der Waals surface area contributed by atoms with E-state index in [4.69, 9.17) is 14.2 Å². The summed E-state index contributed by atoms with van der Waals surface area (Å²) in [5, 5.41) is 0. The molecule has 0 aromatic rings. The molecule has 0 saturated carbocycles. The molecule has 0 aromatic carbocycles. The van der Waals surface area contributed by atoms with Crippen molar-refractivity contribution in [3.05, 3.63) is 122 Å². The maximum atomic E-state index is 12.9. The lowest BCUT2D eigenvalue weighted by atomic mass is 10.1. The fraction of sp³-hybridized carbons (Fsp3) is 0.681. The number of carbonyl (C=O) groups excluding carboxylic acids is 2. The predicted octanol–water partition coefficient (Wildman–Crippen LogP) is 21.7. The van der Waals surface area contributed by atoms with Crippen LogP contribution in [-0.4, -0.2) is 37.9 Å². The summed E-state index contributed by atoms with van der Waals surface area (Å²) in [4.78, 5) is 25.6. The standard InChI is InChI=1S/C69H116O5/c1-4-7-10-13-16-19-22-25-28-31-34-37-40-43-46-49-52-55-58-61-64-72-65-67(74-69(71)63-60-57-54-51-48-45-42-39-36-33-30-27-24-21-18-15-12-9-6-3)66-73-68(70)62-59-56-53-50-47-44-41-38-35-32-29-26-23-20-17-14-11-8-5-2/h8,11,16-21,25-30,35-36,38-39,44,47,67H,4-7,9-10,12-15,22-24,31-34,37,40-43,45-46,48-66H2,1-3H3/b11-8-,19-16-,20-17-,21-18-,28-25-,29-26-,30-27-,38-35-,39-36-,47-44-. The highest BCUT2D eigenvalue weighted by Gasteiger charge is 2.17. The molecule has 0 aliphatic rings. The molecule has 422 valence electrons. The third-order valence-electron chi connectivity index (χ3n) is 13.0. The van der Waals surface area contributed by atoms with Gasteiger partial charge in [-0.15, -0.1) is 0 Å². The summed E-state index contributed by atoms with van der Waals surface area (Å²) in [5.41, 5.74) is 0. The quantitative estimate of drug-likeness (QED) is 0.0345. The van der Waals surface area contributed by atoms with E-state index in [2.05, 4.69) is 142 Å². The van der Waals surface area contributed by atoms with Crippen LogP contribution < -0.4 is 0 Å². The fourth-order valence-electron chi connectivity index (χ4n) is 8.34. The van der Waals surface area contributed by atoms with Crippen molar-refractivity contribution in [2.45, 2.75) is 284 Å². The minimum absolute atomic E-state index is 0.0550. The molecule has 74 heavy (non-hydrogen) atoms. The molecule has 5 heteroatoms. The van der Waals surface area contributed by atoms with Crippen LogP contribution in [0.5, 0.6) is 0 Å². The zero-order valence-corrected chi connectivity index (χ0v) is 48.6. The molecular weight excluding hydrogens is 909 g/mol. The summed E-state index contributed by atoms with van der Waals surface area (Å²) >= 11 is 0. The molecule has 0 heterocycles. The molecule has 0 spiro atoms. The van der Waals surface area contributed by atoms with E-state index in [0.29, 0.717) is 19.4 Å². The molecule has 0 aliphatic carbocycles. The molecule has 0 aliphatic heterocycles. The molecule has 0 bridgehead atoms. The van der Waals surface area contributed by atoms with Crippen molar-refractivity contribution in [1.29, 1.82) is 0 Å². The Labute approximate surface area is 458 Å². The number of rotatable bonds is 56. The van der Waals surface area contributed by atoms with Crippen LogP contribution in [0.2, 0.25) is 0 Å². The van der Waals surface area contributed by atoms with E-state index >= 15 is 0 Å². The van der Waals surface area contributed by atoms with Crippen molar-refractivity contribution >= 4 is 11.9 Å². The van der Waals surface area contributed by atoms with Crippen molar-refractivity contribution < 1.29 is 23.8 Å². The molecule has 0 saturated heterocycles. The number of hydrogen-bond acceptors (Lipinski definition) is 5. The van der Waals surface area contributed by atoms with Gasteiger partial charge in [0.2, 0.25) is 0 Å². The lowest BCUT2D eigenvalue weighted by Gasteiger charge is -2.18. The van der Waals surface area contributed by atoms with Gasteiger partial charge >= 0.3 is 11.9 Å². The van der Waals surface area contributed by atoms with Gasteiger partial charge in [-0.05, 0) is 135 Å². The zero-order valence-electron chi connectivity index (χ0n) is 48.6. The largest absolute Gasteiger partial charge is 0.462 e. The molecule has 0 rings (SSSR count). The normalized spacial score (nSPS) is 13.1. The fourth-order valence-corrected chi connectivity index (χ4v) is 8.34. The first-order chi connectivity index (χ1) is 36.6. The maximum Gasteiger partial charge on any atom is 0.306 e. The van der Waals surface area contributed by atoms with E-state index in [1.807, 2.05) is 0 Å². The van der Waals surface area contributed by atoms with Gasteiger partial charge in [-0.1, -0.05) is 251 Å². The summed E-state index contributed by atoms with van der Waals surface area (Å²) in [6.07, 6.45) is 89.4. The van der Waals surface area contributed by atoms with Gasteiger partial charge < -0.3 is 14.2 Å². The second-order valence-corrected chi connectivity index (χ2v) is 20.2. The molecule has 5 nitrogen and oxygen atoms in total. The lowest BCUT2D eigenvalue weighted by molar-refractivity contribution is -0.163. The van der Waals surface area contributed by atoms with Gasteiger partial charge in [0.15, 0.2) is 6.10 Å². The minimum Gasteiger partial charge on any atom is -0.462 e. The van der Waals surface area contributed by atoms with E-state index in [1.165, 1.54) is 128 Å². The molecule has 0 amide bonds. The molecule has 0 radical (unpaired) electrons. The van der Waals surface area contributed by atoms with Gasteiger partial charge in [-0.25, -0.2) is 0 Å². The second kappa shape index (κ2) is 63.6. The number of unbranched alkanes of at least 4 members (excludes halogenated alkanes) is 25. The summed E-state index contributed by atoms with van der Waals surface area (Å²) < 4.78 is 17.5. The lowest BCUT2D eigenvalue weighted by Crippen LogP contribution is -2.30. The summed E-state index contributed by atoms with van der Waals surface area (Å²) in [5.74, 6) is -0.450. The highest BCUT2D eigenvalue weighted by Crippen LogP contribution is 2.14. The van der Waals surface area contributed by atoms with Gasteiger partial charge in [-0.3, -0.25) is 9.59 Å². The average Bonchev–Trinajstić information content (AvgIpc) is 3.40. The monoisotopic (exact) mass is 1020 g/mol. The van der Waals surface area contributed by atoms with Crippen molar-refractivity contribution in [1.82, 2.24) is 0 Å². The molecule has 1 unspecified atom stereocenters. The summed E-state index contributed by atoms with van der Waals surface area (Å²) in [6, 6.07) is 0. The average molecular weight is 1030 g/mol. The Bertz CT molecular complexity index is 1490. The first-order valence-electron chi connectivity index (χ1n) is 31.1. The van der Waals surface area contributed by atoms with E-state index < -0.39 is 6.10 Å². The third-order valence-corrected chi connectivity index (χ3v) is 13.0. The van der Waals surface area contributed by atoms with Crippen molar-refractivity contribution in [3.63, 3.8) is 0 Å². The van der Waals surface area contributed by atoms with Crippen LogP contribution in [0.25, 0.3) is 0 Å². The number of ether oxygens (including phenoxy) is 3. The van der Waals surface area contributed by atoms with Crippen molar-refractivity contribution in [2.75, 3.05) is 19.8 Å². The second-order valence-electron chi connectivity index (χ2n) is 20.2. The molecule has 0 fully saturated rings. The van der Waals surface area contributed by atoms with Crippen molar-refractivity contribution in [2.24, 2.45) is 0 Å². The molecule has 0 N–H and O–H groups in total. The first-order valence-corrected chi connectivity index (χ1v) is 31.1. The third kappa shape index (κ3) is 60.9. The van der Waals surface area contributed by atoms with Crippen LogP contribution >= 0.6 is 0 Å². The summed E-state index contributed by atoms with van der Waals surface area (Å²) in [6.45, 7) is 7.62.